The molecule has 3 aromatic heterocycles. The molecule has 11 aromatic rings. The van der Waals surface area contributed by atoms with Crippen molar-refractivity contribution in [2.45, 2.75) is 13.8 Å². The van der Waals surface area contributed by atoms with Crippen LogP contribution in [0, 0.1) is 13.8 Å². The number of benzene rings is 8. The van der Waals surface area contributed by atoms with E-state index in [4.69, 9.17) is 189 Å². The van der Waals surface area contributed by atoms with Gasteiger partial charge in [0.25, 0.3) is 0 Å². The third-order valence-electron chi connectivity index (χ3n) is 14.7. The summed E-state index contributed by atoms with van der Waals surface area (Å²) in [5.41, 5.74) is 1.71. The lowest BCUT2D eigenvalue weighted by Crippen LogP contribution is -1.97. The Labute approximate surface area is 560 Å². The highest BCUT2D eigenvalue weighted by Crippen LogP contribution is 2.57. The molecule has 13 rings (SSSR count). The molecule has 0 radical (unpaired) electrons. The summed E-state index contributed by atoms with van der Waals surface area (Å²) < 4.78 is 53.6. The van der Waals surface area contributed by atoms with Crippen molar-refractivity contribution in [1.29, 1.82) is 0 Å². The Morgan fingerprint density at radius 2 is 0.611 bits per heavy atom. The monoisotopic (exact) mass is 1400 g/mol. The van der Waals surface area contributed by atoms with E-state index in [0.717, 1.165) is 0 Å². The van der Waals surface area contributed by atoms with Crippen molar-refractivity contribution in [1.82, 2.24) is 39.9 Å². The number of ether oxygens (including phenoxy) is 9. The molecule has 0 atom stereocenters. The summed E-state index contributed by atoms with van der Waals surface area (Å²) in [6, 6.07) is 25.4. The van der Waals surface area contributed by atoms with Gasteiger partial charge in [-0.15, -0.1) is 0 Å². The highest BCUT2D eigenvalue weighted by molar-refractivity contribution is 6.52. The summed E-state index contributed by atoms with van der Waals surface area (Å²) >= 11 is 74.5. The summed E-state index contributed by atoms with van der Waals surface area (Å²) in [5, 5.41) is 0.475. The number of hydrogen-bond acceptors (Lipinski definition) is 15. The molecule has 2 N–H and O–H groups in total. The van der Waals surface area contributed by atoms with E-state index in [0.29, 0.717) is 62.7 Å². The van der Waals surface area contributed by atoms with Gasteiger partial charge in [-0.25, -0.2) is 29.9 Å². The normalized spacial score (nSPS) is 11.6. The third-order valence-corrected chi connectivity index (χ3v) is 18.8. The molecule has 17 nitrogen and oxygen atoms in total. The molecule has 0 saturated carbocycles. The Bertz CT molecular complexity index is 5010. The SMILES string of the molecule is COc1ccc(Oc2c(Cl)c(C)c3c(c2Cl)-c2nc-3nc3[nH]c(nc4nc(nc5[nH]c(n2)c2c(Cl)c(Cl)c(Oc6ccc(OC)cc6)c(Cl)c52)-c2c(Cl)c(Cl)c(Oc5ccc(OC)cc5)c(Cl)c2-4)c2c(Cl)c(Oc4c(OC)cccc4OC)c(C)c(Cl)c32)cc1. The quantitative estimate of drug-likeness (QED) is 0.104. The molecular formula is C63H38Cl10N8O9. The van der Waals surface area contributed by atoms with Gasteiger partial charge in [0.15, 0.2) is 57.8 Å². The van der Waals surface area contributed by atoms with Gasteiger partial charge in [-0.3, -0.25) is 0 Å². The second kappa shape index (κ2) is 24.1. The van der Waals surface area contributed by atoms with Gasteiger partial charge in [-0.1, -0.05) is 122 Å². The van der Waals surface area contributed by atoms with Crippen LogP contribution in [0.15, 0.2) is 91.0 Å². The number of aromatic amines is 2. The summed E-state index contributed by atoms with van der Waals surface area (Å²) in [7, 11) is 7.61. The van der Waals surface area contributed by atoms with Gasteiger partial charge in [0.1, 0.15) is 67.1 Å². The minimum absolute atomic E-state index is 0.00364. The third kappa shape index (κ3) is 10.2. The molecule has 90 heavy (non-hydrogen) atoms. The topological polar surface area (TPSA) is 192 Å². The van der Waals surface area contributed by atoms with Crippen LogP contribution >= 0.6 is 116 Å². The zero-order chi connectivity index (χ0) is 63.3. The second-order valence-electron chi connectivity index (χ2n) is 19.7. The van der Waals surface area contributed by atoms with Crippen LogP contribution in [0.5, 0.6) is 74.7 Å². The number of methoxy groups -OCH3 is 5. The van der Waals surface area contributed by atoms with E-state index in [-0.39, 0.29) is 163 Å². The Morgan fingerprint density at radius 3 is 1.03 bits per heavy atom. The van der Waals surface area contributed by atoms with Gasteiger partial charge in [-0.05, 0) is 104 Å². The van der Waals surface area contributed by atoms with Gasteiger partial charge in [-0.2, -0.15) is 0 Å². The maximum atomic E-state index is 7.67. The van der Waals surface area contributed by atoms with E-state index in [9.17, 15) is 0 Å². The van der Waals surface area contributed by atoms with Crippen molar-refractivity contribution in [2.24, 2.45) is 0 Å². The molecular weight excluding hydrogens is 1370 g/mol. The van der Waals surface area contributed by atoms with Crippen molar-refractivity contribution in [3.8, 4) is 120 Å². The number of nitrogens with zero attached hydrogens (tertiary/aromatic N) is 6. The summed E-state index contributed by atoms with van der Waals surface area (Å²) in [4.78, 5) is 37.7. The lowest BCUT2D eigenvalue weighted by molar-refractivity contribution is 0.346. The molecule has 454 valence electrons. The smallest absolute Gasteiger partial charge is 0.211 e. The standard InChI is InChI=1S/C63H38Cl10N8O9/c1-23-33-34(46(69)53(42(23)65)87-28-17-11-25(82-3)12-18-28)57-74-56(33)75-58-35-38(45(68)51(24(2)41(35)64)90-52-31(85-6)9-8-10-32(52)86-7)61(77-58)81-63-40-37(44(67)50(73)55(48(40)71)89-30-21-15-27(84-5)16-22-30)60(80-63)79-62-39-36(59(76-57)78-62)43(66)49(72)54(47(39)70)88-29-19-13-26(83-4)14-20-29/h8-22H,1-7H3,(H2,74,75,76,77,78,79,80,81). The molecule has 0 fully saturated rings. The molecule has 0 spiro atoms. The Balaban J connectivity index is 1.19. The van der Waals surface area contributed by atoms with Crippen LogP contribution in [0.1, 0.15) is 11.1 Å². The van der Waals surface area contributed by atoms with Crippen molar-refractivity contribution in [3.05, 3.63) is 152 Å². The van der Waals surface area contributed by atoms with E-state index in [2.05, 4.69) is 9.97 Å². The van der Waals surface area contributed by atoms with Crippen LogP contribution in [0.2, 0.25) is 50.2 Å². The minimum atomic E-state index is -0.112. The van der Waals surface area contributed by atoms with Gasteiger partial charge in [0.05, 0.1) is 109 Å². The summed E-state index contributed by atoms with van der Waals surface area (Å²) in [6.45, 7) is 3.48. The summed E-state index contributed by atoms with van der Waals surface area (Å²) in [5.74, 6) is 3.46. The number of fused-ring (bicyclic) bond motifs is 20. The Kier molecular flexibility index (Phi) is 16.4. The molecule has 0 unspecified atom stereocenters. The molecule has 8 bridgehead atoms. The molecule has 0 saturated heterocycles. The molecule has 0 aliphatic carbocycles. The molecule has 8 aromatic carbocycles. The molecule has 0 amide bonds. The fraction of sp³-hybridized carbons (Fsp3) is 0.111. The van der Waals surface area contributed by atoms with E-state index in [1.54, 1.807) is 112 Å². The zero-order valence-electron chi connectivity index (χ0n) is 47.3. The van der Waals surface area contributed by atoms with E-state index < -0.39 is 0 Å². The molecule has 2 aliphatic rings. The number of rotatable bonds is 13. The average Bonchev–Trinajstić information content (AvgIpc) is 1.58. The fourth-order valence-electron chi connectivity index (χ4n) is 10.3. The lowest BCUT2D eigenvalue weighted by atomic mass is 10.0. The van der Waals surface area contributed by atoms with Crippen LogP contribution in [0.25, 0.3) is 89.7 Å². The van der Waals surface area contributed by atoms with Crippen LogP contribution in [-0.2, 0) is 0 Å². The average molecular weight is 1410 g/mol. The van der Waals surface area contributed by atoms with Crippen molar-refractivity contribution in [2.75, 3.05) is 35.5 Å². The van der Waals surface area contributed by atoms with Crippen LogP contribution < -0.4 is 42.6 Å². The Hall–Kier alpha value is -7.78. The first-order valence-corrected chi connectivity index (χ1v) is 30.3. The van der Waals surface area contributed by atoms with E-state index in [1.807, 2.05) is 0 Å². The molecule has 5 heterocycles. The van der Waals surface area contributed by atoms with Gasteiger partial charge < -0.3 is 52.6 Å². The van der Waals surface area contributed by atoms with Crippen LogP contribution in [0.4, 0.5) is 0 Å². The predicted octanol–water partition coefficient (Wildman–Crippen LogP) is 21.2. The number of hydrogen-bond donors (Lipinski definition) is 2. The highest BCUT2D eigenvalue weighted by atomic mass is 35.5. The maximum Gasteiger partial charge on any atom is 0.211 e. The van der Waals surface area contributed by atoms with E-state index >= 15 is 0 Å². The van der Waals surface area contributed by atoms with Crippen molar-refractivity contribution >= 4 is 160 Å². The molecule has 2 aliphatic heterocycles. The maximum absolute atomic E-state index is 7.67. The number of H-pyrrole nitrogens is 2. The first-order chi connectivity index (χ1) is 43.4. The first-order valence-electron chi connectivity index (χ1n) is 26.5. The Morgan fingerprint density at radius 1 is 0.278 bits per heavy atom. The second-order valence-corrected chi connectivity index (χ2v) is 23.5. The van der Waals surface area contributed by atoms with Crippen molar-refractivity contribution < 1.29 is 42.6 Å². The van der Waals surface area contributed by atoms with E-state index in [1.165, 1.54) is 28.4 Å². The van der Waals surface area contributed by atoms with Gasteiger partial charge >= 0.3 is 0 Å². The highest BCUT2D eigenvalue weighted by Gasteiger charge is 2.36. The fourth-order valence-corrected chi connectivity index (χ4v) is 13.3. The minimum Gasteiger partial charge on any atom is -0.497 e. The number of para-hydroxylation sites is 1. The van der Waals surface area contributed by atoms with Gasteiger partial charge in [0.2, 0.25) is 5.75 Å². The van der Waals surface area contributed by atoms with Crippen molar-refractivity contribution in [3.63, 3.8) is 0 Å². The summed E-state index contributed by atoms with van der Waals surface area (Å²) in [6.07, 6.45) is 0. The van der Waals surface area contributed by atoms with Gasteiger partial charge in [0, 0.05) is 16.5 Å². The number of nitrogens with one attached hydrogen (secondary N) is 2. The van der Waals surface area contributed by atoms with Crippen LogP contribution in [-0.4, -0.2) is 75.4 Å². The zero-order valence-corrected chi connectivity index (χ0v) is 54.9. The predicted molar refractivity (Wildman–Crippen MR) is 354 cm³/mol. The largest absolute Gasteiger partial charge is 0.497 e. The lowest BCUT2D eigenvalue weighted by Gasteiger charge is -2.17. The molecule has 27 heteroatoms. The number of halogens is 10. The number of aromatic nitrogens is 8. The van der Waals surface area contributed by atoms with Crippen LogP contribution in [0.3, 0.4) is 0 Å². The first kappa shape index (κ1) is 61.1.